The summed E-state index contributed by atoms with van der Waals surface area (Å²) in [5, 5.41) is 0. The standard InChI is InChI=1S/C18H31NO2/c1-2-3-4-5-6-9-13-20-14-10-15-21-18-12-8-7-11-17(18)16-19/h7-8,11-12H,2-6,9-10,13-16,19H2,1H3. The second-order valence-electron chi connectivity index (χ2n) is 5.39. The summed E-state index contributed by atoms with van der Waals surface area (Å²) >= 11 is 0. The molecule has 0 aliphatic heterocycles. The molecule has 0 amide bonds. The van der Waals surface area contributed by atoms with Gasteiger partial charge in [0.05, 0.1) is 6.61 Å². The molecule has 3 heteroatoms. The number of hydrogen-bond donors (Lipinski definition) is 1. The van der Waals surface area contributed by atoms with Gasteiger partial charge in [0.2, 0.25) is 0 Å². The highest BCUT2D eigenvalue weighted by Crippen LogP contribution is 2.17. The fraction of sp³-hybridized carbons (Fsp3) is 0.667. The van der Waals surface area contributed by atoms with Gasteiger partial charge in [-0.1, -0.05) is 57.2 Å². The zero-order chi connectivity index (χ0) is 15.2. The Morgan fingerprint density at radius 2 is 1.57 bits per heavy atom. The van der Waals surface area contributed by atoms with Crippen molar-refractivity contribution in [2.75, 3.05) is 19.8 Å². The van der Waals surface area contributed by atoms with Gasteiger partial charge in [0, 0.05) is 31.7 Å². The molecule has 0 unspecified atom stereocenters. The predicted molar refractivity (Wildman–Crippen MR) is 88.6 cm³/mol. The van der Waals surface area contributed by atoms with Crippen LogP contribution in [0, 0.1) is 0 Å². The molecule has 0 aliphatic carbocycles. The number of hydrogen-bond acceptors (Lipinski definition) is 3. The van der Waals surface area contributed by atoms with E-state index in [2.05, 4.69) is 6.92 Å². The molecule has 0 aliphatic rings. The van der Waals surface area contributed by atoms with Crippen LogP contribution in [0.2, 0.25) is 0 Å². The second kappa shape index (κ2) is 12.7. The monoisotopic (exact) mass is 293 g/mol. The molecule has 0 saturated carbocycles. The first-order chi connectivity index (χ1) is 10.4. The van der Waals surface area contributed by atoms with E-state index >= 15 is 0 Å². The van der Waals surface area contributed by atoms with Crippen LogP contribution in [0.1, 0.15) is 57.4 Å². The van der Waals surface area contributed by atoms with E-state index in [1.54, 1.807) is 0 Å². The minimum atomic E-state index is 0.519. The number of unbranched alkanes of at least 4 members (excludes halogenated alkanes) is 5. The summed E-state index contributed by atoms with van der Waals surface area (Å²) in [4.78, 5) is 0. The number of ether oxygens (including phenoxy) is 2. The van der Waals surface area contributed by atoms with E-state index in [1.807, 2.05) is 24.3 Å². The van der Waals surface area contributed by atoms with Gasteiger partial charge in [-0.25, -0.2) is 0 Å². The summed E-state index contributed by atoms with van der Waals surface area (Å²) in [5.74, 6) is 0.899. The van der Waals surface area contributed by atoms with Crippen LogP contribution >= 0.6 is 0 Å². The first-order valence-electron chi connectivity index (χ1n) is 8.37. The van der Waals surface area contributed by atoms with Crippen LogP contribution in [-0.4, -0.2) is 19.8 Å². The van der Waals surface area contributed by atoms with Crippen LogP contribution < -0.4 is 10.5 Å². The summed E-state index contributed by atoms with van der Waals surface area (Å²) in [6.45, 7) is 5.11. The smallest absolute Gasteiger partial charge is 0.123 e. The SMILES string of the molecule is CCCCCCCCOCCCOc1ccccc1CN. The second-order valence-corrected chi connectivity index (χ2v) is 5.39. The molecule has 0 saturated heterocycles. The van der Waals surface area contributed by atoms with Crippen molar-refractivity contribution >= 4 is 0 Å². The molecular formula is C18H31NO2. The summed E-state index contributed by atoms with van der Waals surface area (Å²) in [6, 6.07) is 7.94. The van der Waals surface area contributed by atoms with Crippen molar-refractivity contribution in [1.82, 2.24) is 0 Å². The summed E-state index contributed by atoms with van der Waals surface area (Å²) in [7, 11) is 0. The zero-order valence-corrected chi connectivity index (χ0v) is 13.5. The van der Waals surface area contributed by atoms with Crippen molar-refractivity contribution in [3.8, 4) is 5.75 Å². The molecule has 0 heterocycles. The molecular weight excluding hydrogens is 262 g/mol. The summed E-state index contributed by atoms with van der Waals surface area (Å²) in [6.07, 6.45) is 8.78. The van der Waals surface area contributed by atoms with E-state index in [0.717, 1.165) is 30.9 Å². The molecule has 21 heavy (non-hydrogen) atoms. The molecule has 1 aromatic carbocycles. The molecule has 1 aromatic rings. The molecule has 0 radical (unpaired) electrons. The maximum Gasteiger partial charge on any atom is 0.123 e. The van der Waals surface area contributed by atoms with Gasteiger partial charge >= 0.3 is 0 Å². The Labute approximate surface area is 129 Å². The van der Waals surface area contributed by atoms with Gasteiger partial charge in [0.15, 0.2) is 0 Å². The number of nitrogens with two attached hydrogens (primary N) is 1. The molecule has 3 nitrogen and oxygen atoms in total. The lowest BCUT2D eigenvalue weighted by atomic mass is 10.1. The van der Waals surface area contributed by atoms with E-state index in [4.69, 9.17) is 15.2 Å². The van der Waals surface area contributed by atoms with Crippen LogP contribution in [-0.2, 0) is 11.3 Å². The average molecular weight is 293 g/mol. The summed E-state index contributed by atoms with van der Waals surface area (Å²) in [5.41, 5.74) is 6.74. The molecule has 120 valence electrons. The van der Waals surface area contributed by atoms with Crippen molar-refractivity contribution in [3.05, 3.63) is 29.8 Å². The van der Waals surface area contributed by atoms with E-state index < -0.39 is 0 Å². The van der Waals surface area contributed by atoms with Crippen molar-refractivity contribution in [2.24, 2.45) is 5.73 Å². The van der Waals surface area contributed by atoms with Gasteiger partial charge in [0.1, 0.15) is 5.75 Å². The zero-order valence-electron chi connectivity index (χ0n) is 13.5. The maximum atomic E-state index is 5.74. The normalized spacial score (nSPS) is 10.8. The van der Waals surface area contributed by atoms with Crippen molar-refractivity contribution in [2.45, 2.75) is 58.4 Å². The number of rotatable bonds is 13. The molecule has 0 bridgehead atoms. The predicted octanol–water partition coefficient (Wildman–Crippen LogP) is 4.29. The van der Waals surface area contributed by atoms with E-state index in [1.165, 1.54) is 38.5 Å². The lowest BCUT2D eigenvalue weighted by Crippen LogP contribution is -2.06. The minimum absolute atomic E-state index is 0.519. The Kier molecular flexibility index (Phi) is 10.8. The van der Waals surface area contributed by atoms with Gasteiger partial charge in [-0.3, -0.25) is 0 Å². The van der Waals surface area contributed by atoms with Gasteiger partial charge < -0.3 is 15.2 Å². The quantitative estimate of drug-likeness (QED) is 0.552. The molecule has 0 aromatic heterocycles. The van der Waals surface area contributed by atoms with E-state index in [9.17, 15) is 0 Å². The molecule has 0 spiro atoms. The fourth-order valence-electron chi connectivity index (χ4n) is 2.24. The summed E-state index contributed by atoms with van der Waals surface area (Å²) < 4.78 is 11.4. The third-order valence-electron chi connectivity index (χ3n) is 3.53. The third-order valence-corrected chi connectivity index (χ3v) is 3.53. The highest BCUT2D eigenvalue weighted by atomic mass is 16.5. The first kappa shape index (κ1) is 18.0. The molecule has 0 atom stereocenters. The third kappa shape index (κ3) is 8.74. The van der Waals surface area contributed by atoms with Crippen molar-refractivity contribution in [3.63, 3.8) is 0 Å². The van der Waals surface area contributed by atoms with Gasteiger partial charge in [-0.05, 0) is 12.5 Å². The largest absolute Gasteiger partial charge is 0.493 e. The van der Waals surface area contributed by atoms with Gasteiger partial charge in [-0.2, -0.15) is 0 Å². The number of para-hydroxylation sites is 1. The van der Waals surface area contributed by atoms with Crippen LogP contribution in [0.25, 0.3) is 0 Å². The Hall–Kier alpha value is -1.06. The van der Waals surface area contributed by atoms with Gasteiger partial charge in [0.25, 0.3) is 0 Å². The van der Waals surface area contributed by atoms with Crippen LogP contribution in [0.15, 0.2) is 24.3 Å². The molecule has 1 rings (SSSR count). The highest BCUT2D eigenvalue weighted by Gasteiger charge is 2.00. The fourth-order valence-corrected chi connectivity index (χ4v) is 2.24. The first-order valence-corrected chi connectivity index (χ1v) is 8.37. The van der Waals surface area contributed by atoms with Gasteiger partial charge in [-0.15, -0.1) is 0 Å². The molecule has 2 N–H and O–H groups in total. The van der Waals surface area contributed by atoms with E-state index in [-0.39, 0.29) is 0 Å². The lowest BCUT2D eigenvalue weighted by molar-refractivity contribution is 0.115. The Morgan fingerprint density at radius 3 is 2.38 bits per heavy atom. The average Bonchev–Trinajstić information content (AvgIpc) is 2.53. The Morgan fingerprint density at radius 1 is 0.857 bits per heavy atom. The van der Waals surface area contributed by atoms with E-state index in [0.29, 0.717) is 13.2 Å². The van der Waals surface area contributed by atoms with Crippen LogP contribution in [0.5, 0.6) is 5.75 Å². The lowest BCUT2D eigenvalue weighted by Gasteiger charge is -2.10. The highest BCUT2D eigenvalue weighted by molar-refractivity contribution is 5.32. The number of benzene rings is 1. The molecule has 0 fully saturated rings. The van der Waals surface area contributed by atoms with Crippen molar-refractivity contribution in [1.29, 1.82) is 0 Å². The Bertz CT molecular complexity index is 355. The topological polar surface area (TPSA) is 44.5 Å². The maximum absolute atomic E-state index is 5.74. The van der Waals surface area contributed by atoms with Crippen LogP contribution in [0.4, 0.5) is 0 Å². The Balaban J connectivity index is 1.93. The van der Waals surface area contributed by atoms with Crippen molar-refractivity contribution < 1.29 is 9.47 Å². The van der Waals surface area contributed by atoms with Crippen LogP contribution in [0.3, 0.4) is 0 Å². The minimum Gasteiger partial charge on any atom is -0.493 e.